The molecule has 0 unspecified atom stereocenters. The van der Waals surface area contributed by atoms with E-state index in [0.29, 0.717) is 51.4 Å². The highest BCUT2D eigenvalue weighted by atomic mass is 35.5. The molecule has 4 heterocycles. The van der Waals surface area contributed by atoms with Crippen molar-refractivity contribution in [2.45, 2.75) is 50.0 Å². The van der Waals surface area contributed by atoms with Gasteiger partial charge in [0.1, 0.15) is 18.0 Å². The van der Waals surface area contributed by atoms with Gasteiger partial charge in [0, 0.05) is 48.9 Å². The van der Waals surface area contributed by atoms with Crippen LogP contribution in [0, 0.1) is 6.57 Å². The molecule has 0 N–H and O–H groups in total. The molecular formula is C34H38ClN7O3. The van der Waals surface area contributed by atoms with Crippen molar-refractivity contribution in [2.24, 2.45) is 0 Å². The number of carbonyl (C=O) groups is 1. The lowest BCUT2D eigenvalue weighted by atomic mass is 10.0. The minimum absolute atomic E-state index is 0.145. The number of hydrogen-bond acceptors (Lipinski definition) is 8. The number of nitrogens with zero attached hydrogens (tertiary/aromatic N) is 7. The Labute approximate surface area is 269 Å². The van der Waals surface area contributed by atoms with Gasteiger partial charge < -0.3 is 29.0 Å². The summed E-state index contributed by atoms with van der Waals surface area (Å²) >= 11 is 6.73. The molecule has 3 fully saturated rings. The van der Waals surface area contributed by atoms with E-state index in [4.69, 9.17) is 37.6 Å². The molecule has 1 aliphatic carbocycles. The van der Waals surface area contributed by atoms with Gasteiger partial charge in [0.25, 0.3) is 0 Å². The fourth-order valence-corrected chi connectivity index (χ4v) is 7.35. The lowest BCUT2D eigenvalue weighted by molar-refractivity contribution is -0.128. The summed E-state index contributed by atoms with van der Waals surface area (Å²) in [5.41, 5.74) is 3.09. The maximum Gasteiger partial charge on any atom is 0.319 e. The largest absolute Gasteiger partial charge is 0.456 e. The van der Waals surface area contributed by atoms with Crippen molar-refractivity contribution < 1.29 is 14.3 Å². The Morgan fingerprint density at radius 1 is 1.18 bits per heavy atom. The molecule has 2 aromatic carbocycles. The molecule has 1 amide bonds. The highest BCUT2D eigenvalue weighted by Crippen LogP contribution is 2.38. The van der Waals surface area contributed by atoms with E-state index in [-0.39, 0.29) is 30.6 Å². The van der Waals surface area contributed by atoms with Gasteiger partial charge in [0.15, 0.2) is 0 Å². The molecule has 2 saturated heterocycles. The summed E-state index contributed by atoms with van der Waals surface area (Å²) in [7, 11) is 2.15. The molecule has 10 nitrogen and oxygen atoms in total. The molecule has 3 aliphatic heterocycles. The molecule has 0 spiro atoms. The molecule has 3 atom stereocenters. The summed E-state index contributed by atoms with van der Waals surface area (Å²) in [6, 6.07) is 13.1. The van der Waals surface area contributed by atoms with E-state index >= 15 is 0 Å². The third-order valence-electron chi connectivity index (χ3n) is 9.64. The van der Waals surface area contributed by atoms with Crippen LogP contribution in [-0.2, 0) is 22.5 Å². The van der Waals surface area contributed by atoms with E-state index in [2.05, 4.69) is 57.4 Å². The van der Waals surface area contributed by atoms with E-state index in [0.717, 1.165) is 51.5 Å². The number of anilines is 2. The molecule has 3 aromatic rings. The number of piperazine rings is 1. The van der Waals surface area contributed by atoms with Gasteiger partial charge in [0.05, 0.1) is 36.5 Å². The van der Waals surface area contributed by atoms with Crippen LogP contribution < -0.4 is 14.5 Å². The lowest BCUT2D eigenvalue weighted by Crippen LogP contribution is -2.56. The summed E-state index contributed by atoms with van der Waals surface area (Å²) < 4.78 is 12.5. The summed E-state index contributed by atoms with van der Waals surface area (Å²) in [6.45, 7) is 15.5. The van der Waals surface area contributed by atoms with Gasteiger partial charge in [-0.2, -0.15) is 9.97 Å². The van der Waals surface area contributed by atoms with Gasteiger partial charge in [-0.3, -0.25) is 9.69 Å². The van der Waals surface area contributed by atoms with E-state index in [1.165, 1.54) is 18.9 Å². The summed E-state index contributed by atoms with van der Waals surface area (Å²) in [5.74, 6) is 0.686. The first-order valence-corrected chi connectivity index (χ1v) is 16.1. The minimum Gasteiger partial charge on any atom is -0.456 e. The quantitative estimate of drug-likeness (QED) is 0.272. The minimum atomic E-state index is -0.255. The van der Waals surface area contributed by atoms with Crippen LogP contribution in [-0.4, -0.2) is 103 Å². The average Bonchev–Trinajstić information content (AvgIpc) is 3.82. The molecular weight excluding hydrogens is 590 g/mol. The second-order valence-electron chi connectivity index (χ2n) is 12.4. The first-order valence-electron chi connectivity index (χ1n) is 15.7. The predicted molar refractivity (Wildman–Crippen MR) is 175 cm³/mol. The highest BCUT2D eigenvalue weighted by Gasteiger charge is 2.41. The van der Waals surface area contributed by atoms with Crippen LogP contribution in [0.4, 0.5) is 11.5 Å². The van der Waals surface area contributed by atoms with Gasteiger partial charge in [0.2, 0.25) is 12.5 Å². The van der Waals surface area contributed by atoms with E-state index in [9.17, 15) is 4.79 Å². The van der Waals surface area contributed by atoms with E-state index < -0.39 is 0 Å². The Bertz CT molecular complexity index is 1650. The molecule has 7 rings (SSSR count). The number of rotatable bonds is 8. The topological polar surface area (TPSA) is 78.6 Å². The number of halogens is 1. The number of amides is 1. The highest BCUT2D eigenvalue weighted by molar-refractivity contribution is 6.36. The zero-order valence-electron chi connectivity index (χ0n) is 25.6. The molecule has 11 heteroatoms. The molecule has 1 aromatic heterocycles. The van der Waals surface area contributed by atoms with Gasteiger partial charge in [-0.15, -0.1) is 0 Å². The third kappa shape index (κ3) is 5.81. The fourth-order valence-electron chi connectivity index (χ4n) is 7.07. The first-order chi connectivity index (χ1) is 21.9. The second kappa shape index (κ2) is 12.5. The molecule has 0 radical (unpaired) electrons. The number of hydrogen-bond donors (Lipinski definition) is 0. The molecule has 234 valence electrons. The zero-order valence-corrected chi connectivity index (χ0v) is 26.3. The SMILES string of the molecule is [C-]#[N+]C[C@H]1CN(c2nc(O[C@@H]3COC[C@H]3N(C)C3CC3)nc3c2CCN(c2cccc4cccc(Cl)c24)C3)CCN1C(=O)C=C. The average molecular weight is 628 g/mol. The Kier molecular flexibility index (Phi) is 8.25. The number of likely N-dealkylation sites (N-methyl/N-ethyl adjacent to an activating group) is 1. The first kappa shape index (κ1) is 29.8. The van der Waals surface area contributed by atoms with Crippen molar-refractivity contribution in [3.05, 3.63) is 76.8 Å². The molecule has 45 heavy (non-hydrogen) atoms. The summed E-state index contributed by atoms with van der Waals surface area (Å²) in [4.78, 5) is 35.0. The predicted octanol–water partition coefficient (Wildman–Crippen LogP) is 4.21. The summed E-state index contributed by atoms with van der Waals surface area (Å²) in [5, 5.41) is 2.86. The smallest absolute Gasteiger partial charge is 0.319 e. The van der Waals surface area contributed by atoms with Crippen molar-refractivity contribution in [2.75, 3.05) is 62.8 Å². The number of fused-ring (bicyclic) bond motifs is 2. The van der Waals surface area contributed by atoms with Crippen LogP contribution in [0.2, 0.25) is 5.02 Å². The van der Waals surface area contributed by atoms with E-state index in [1.807, 2.05) is 12.1 Å². The van der Waals surface area contributed by atoms with Crippen LogP contribution in [0.3, 0.4) is 0 Å². The van der Waals surface area contributed by atoms with Crippen molar-refractivity contribution in [3.8, 4) is 6.01 Å². The van der Waals surface area contributed by atoms with Crippen LogP contribution in [0.5, 0.6) is 6.01 Å². The molecule has 1 saturated carbocycles. The van der Waals surface area contributed by atoms with Crippen molar-refractivity contribution in [3.63, 3.8) is 0 Å². The number of benzene rings is 2. The lowest BCUT2D eigenvalue weighted by Gasteiger charge is -2.41. The summed E-state index contributed by atoms with van der Waals surface area (Å²) in [6.07, 6.45) is 4.32. The third-order valence-corrected chi connectivity index (χ3v) is 9.95. The van der Waals surface area contributed by atoms with Crippen LogP contribution in [0.1, 0.15) is 24.1 Å². The standard InChI is InChI=1S/C34H38ClN7O3/c1-4-31(43)42-16-15-41(18-24(42)17-36-2)33-25-13-14-40(28-10-6-8-22-7-5-9-26(35)32(22)28)19-27(25)37-34(38-33)45-30-21-44-20-29(30)39(3)23-11-12-23/h4-10,23-24,29-30H,1,11-21H2,3H3/t24-,29+,30+/m0/s1. The number of ether oxygens (including phenoxy) is 2. The maximum atomic E-state index is 12.6. The Hall–Kier alpha value is -3.91. The monoisotopic (exact) mass is 627 g/mol. The fraction of sp³-hybridized carbons (Fsp3) is 0.471. The van der Waals surface area contributed by atoms with Gasteiger partial charge in [-0.1, -0.05) is 42.4 Å². The van der Waals surface area contributed by atoms with Gasteiger partial charge in [-0.25, -0.2) is 6.57 Å². The Balaban J connectivity index is 1.24. The van der Waals surface area contributed by atoms with Crippen molar-refractivity contribution in [1.82, 2.24) is 19.8 Å². The van der Waals surface area contributed by atoms with E-state index in [1.54, 1.807) is 4.90 Å². The molecule has 4 aliphatic rings. The Morgan fingerprint density at radius 2 is 2.00 bits per heavy atom. The van der Waals surface area contributed by atoms with Crippen LogP contribution in [0.25, 0.3) is 15.6 Å². The Morgan fingerprint density at radius 3 is 2.78 bits per heavy atom. The normalized spacial score (nSPS) is 23.2. The van der Waals surface area contributed by atoms with Gasteiger partial charge in [-0.05, 0) is 49.9 Å². The van der Waals surface area contributed by atoms with Crippen molar-refractivity contribution >= 4 is 39.8 Å². The number of carbonyl (C=O) groups excluding carboxylic acids is 1. The maximum absolute atomic E-state index is 12.6. The van der Waals surface area contributed by atoms with Gasteiger partial charge >= 0.3 is 6.01 Å². The van der Waals surface area contributed by atoms with Crippen LogP contribution >= 0.6 is 11.6 Å². The molecule has 0 bridgehead atoms. The number of aromatic nitrogens is 2. The zero-order chi connectivity index (χ0) is 31.1. The van der Waals surface area contributed by atoms with Crippen molar-refractivity contribution in [1.29, 1.82) is 0 Å². The van der Waals surface area contributed by atoms with Crippen LogP contribution in [0.15, 0.2) is 49.1 Å². The second-order valence-corrected chi connectivity index (χ2v) is 12.8.